The van der Waals surface area contributed by atoms with E-state index in [0.29, 0.717) is 19.5 Å². The van der Waals surface area contributed by atoms with Crippen LogP contribution in [-0.4, -0.2) is 53.3 Å². The number of carbonyl (C=O) groups is 3. The van der Waals surface area contributed by atoms with Crippen LogP contribution in [0.5, 0.6) is 0 Å². The third-order valence-electron chi connectivity index (χ3n) is 4.70. The second-order valence-corrected chi connectivity index (χ2v) is 9.24. The average Bonchev–Trinajstić information content (AvgIpc) is 2.71. The molecule has 1 rings (SSSR count). The largest absolute Gasteiger partial charge is 0.444 e. The molecule has 180 valence electrons. The summed E-state index contributed by atoms with van der Waals surface area (Å²) in [4.78, 5) is 40.5. The maximum absolute atomic E-state index is 13.5. The van der Waals surface area contributed by atoms with Gasteiger partial charge < -0.3 is 20.3 Å². The van der Waals surface area contributed by atoms with Crippen LogP contribution in [0.1, 0.15) is 71.0 Å². The van der Waals surface area contributed by atoms with Crippen molar-refractivity contribution < 1.29 is 19.1 Å². The SMILES string of the molecule is CCCCNC(=O)C(c1ccc(C)cc1)N(CCC)C(=O)C(CS)NC(=O)OC(C)(C)C. The van der Waals surface area contributed by atoms with Gasteiger partial charge in [0.05, 0.1) is 0 Å². The Bertz CT molecular complexity index is 747. The summed E-state index contributed by atoms with van der Waals surface area (Å²) in [6.07, 6.45) is 1.77. The van der Waals surface area contributed by atoms with Gasteiger partial charge in [0, 0.05) is 18.8 Å². The van der Waals surface area contributed by atoms with Crippen LogP contribution in [0.2, 0.25) is 0 Å². The van der Waals surface area contributed by atoms with Gasteiger partial charge in [0.25, 0.3) is 0 Å². The molecule has 0 heterocycles. The van der Waals surface area contributed by atoms with Crippen molar-refractivity contribution in [2.75, 3.05) is 18.8 Å². The molecule has 0 aliphatic heterocycles. The molecule has 0 spiro atoms. The number of alkyl carbamates (subject to hydrolysis) is 1. The van der Waals surface area contributed by atoms with Crippen LogP contribution >= 0.6 is 12.6 Å². The van der Waals surface area contributed by atoms with E-state index in [0.717, 1.165) is 24.0 Å². The minimum atomic E-state index is -0.920. The van der Waals surface area contributed by atoms with Crippen LogP contribution in [0.15, 0.2) is 24.3 Å². The van der Waals surface area contributed by atoms with Gasteiger partial charge in [-0.15, -0.1) is 0 Å². The van der Waals surface area contributed by atoms with Crippen LogP contribution in [0.3, 0.4) is 0 Å². The zero-order valence-corrected chi connectivity index (χ0v) is 21.1. The Kier molecular flexibility index (Phi) is 11.6. The number of nitrogens with one attached hydrogen (secondary N) is 2. The number of ether oxygens (including phenoxy) is 1. The maximum Gasteiger partial charge on any atom is 0.408 e. The van der Waals surface area contributed by atoms with Gasteiger partial charge in [0.2, 0.25) is 11.8 Å². The highest BCUT2D eigenvalue weighted by Crippen LogP contribution is 2.24. The number of carbonyl (C=O) groups excluding carboxylic acids is 3. The minimum absolute atomic E-state index is 0.0797. The van der Waals surface area contributed by atoms with Crippen molar-refractivity contribution in [1.82, 2.24) is 15.5 Å². The molecule has 32 heavy (non-hydrogen) atoms. The van der Waals surface area contributed by atoms with Gasteiger partial charge in [0.1, 0.15) is 17.7 Å². The third kappa shape index (κ3) is 9.10. The van der Waals surface area contributed by atoms with Crippen molar-refractivity contribution in [3.8, 4) is 0 Å². The molecule has 0 aliphatic rings. The highest BCUT2D eigenvalue weighted by molar-refractivity contribution is 7.80. The topological polar surface area (TPSA) is 87.7 Å². The molecule has 2 atom stereocenters. The number of rotatable bonds is 11. The molecule has 1 aromatic carbocycles. The second-order valence-electron chi connectivity index (χ2n) is 8.87. The lowest BCUT2D eigenvalue weighted by Gasteiger charge is -2.34. The summed E-state index contributed by atoms with van der Waals surface area (Å²) in [5.74, 6) is -0.528. The Hall–Kier alpha value is -2.22. The lowest BCUT2D eigenvalue weighted by molar-refractivity contribution is -0.142. The van der Waals surface area contributed by atoms with Crippen molar-refractivity contribution in [1.29, 1.82) is 0 Å². The number of thiol groups is 1. The van der Waals surface area contributed by atoms with E-state index in [1.54, 1.807) is 20.8 Å². The van der Waals surface area contributed by atoms with Gasteiger partial charge in [-0.05, 0) is 46.1 Å². The highest BCUT2D eigenvalue weighted by Gasteiger charge is 2.35. The van der Waals surface area contributed by atoms with E-state index in [-0.39, 0.29) is 17.6 Å². The monoisotopic (exact) mass is 465 g/mol. The first-order chi connectivity index (χ1) is 15.0. The molecule has 0 bridgehead atoms. The maximum atomic E-state index is 13.5. The molecule has 0 fully saturated rings. The van der Waals surface area contributed by atoms with Gasteiger partial charge in [-0.25, -0.2) is 4.79 Å². The van der Waals surface area contributed by atoms with Crippen molar-refractivity contribution in [2.45, 2.75) is 78.5 Å². The van der Waals surface area contributed by atoms with Crippen molar-refractivity contribution in [3.05, 3.63) is 35.4 Å². The van der Waals surface area contributed by atoms with Crippen LogP contribution in [0.25, 0.3) is 0 Å². The average molecular weight is 466 g/mol. The number of unbranched alkanes of at least 4 members (excludes halogenated alkanes) is 1. The van der Waals surface area contributed by atoms with Crippen molar-refractivity contribution >= 4 is 30.5 Å². The van der Waals surface area contributed by atoms with Crippen LogP contribution in [0, 0.1) is 6.92 Å². The van der Waals surface area contributed by atoms with Gasteiger partial charge >= 0.3 is 6.09 Å². The molecule has 0 saturated carbocycles. The van der Waals surface area contributed by atoms with E-state index in [9.17, 15) is 14.4 Å². The molecule has 8 heteroatoms. The number of hydrogen-bond acceptors (Lipinski definition) is 5. The number of nitrogens with zero attached hydrogens (tertiary/aromatic N) is 1. The number of hydrogen-bond donors (Lipinski definition) is 3. The summed E-state index contributed by atoms with van der Waals surface area (Å²) >= 11 is 4.28. The van der Waals surface area contributed by atoms with Gasteiger partial charge in [-0.3, -0.25) is 9.59 Å². The minimum Gasteiger partial charge on any atom is -0.444 e. The Morgan fingerprint density at radius 2 is 1.72 bits per heavy atom. The number of benzene rings is 1. The Balaban J connectivity index is 3.23. The first kappa shape index (κ1) is 27.8. The van der Waals surface area contributed by atoms with Crippen molar-refractivity contribution in [3.63, 3.8) is 0 Å². The van der Waals surface area contributed by atoms with E-state index in [2.05, 4.69) is 30.2 Å². The zero-order valence-electron chi connectivity index (χ0n) is 20.2. The Labute approximate surface area is 198 Å². The smallest absolute Gasteiger partial charge is 0.408 e. The summed E-state index contributed by atoms with van der Waals surface area (Å²) in [5, 5.41) is 5.56. The fourth-order valence-corrected chi connectivity index (χ4v) is 3.40. The summed E-state index contributed by atoms with van der Waals surface area (Å²) in [6.45, 7) is 12.1. The standard InChI is InChI=1S/C24H39N3O4S/c1-7-9-14-25-21(28)20(18-12-10-17(3)11-13-18)27(15-8-2)22(29)19(16-32)26-23(30)31-24(4,5)6/h10-13,19-20,32H,7-9,14-16H2,1-6H3,(H,25,28)(H,26,30). The third-order valence-corrected chi connectivity index (χ3v) is 5.07. The Morgan fingerprint density at radius 1 is 1.09 bits per heavy atom. The predicted molar refractivity (Wildman–Crippen MR) is 131 cm³/mol. The van der Waals surface area contributed by atoms with Gasteiger partial charge in [0.15, 0.2) is 0 Å². The molecular formula is C24H39N3O4S. The zero-order chi connectivity index (χ0) is 24.3. The molecule has 3 amide bonds. The van der Waals surface area contributed by atoms with E-state index >= 15 is 0 Å². The molecule has 0 radical (unpaired) electrons. The van der Waals surface area contributed by atoms with Crippen LogP contribution in [0.4, 0.5) is 4.79 Å². The fourth-order valence-electron chi connectivity index (χ4n) is 3.15. The normalized spacial score (nSPS) is 13.1. The first-order valence-electron chi connectivity index (χ1n) is 11.3. The molecule has 7 nitrogen and oxygen atoms in total. The lowest BCUT2D eigenvalue weighted by Crippen LogP contribution is -2.54. The Morgan fingerprint density at radius 3 is 2.22 bits per heavy atom. The summed E-state index contributed by atoms with van der Waals surface area (Å²) in [6, 6.07) is 5.86. The molecular weight excluding hydrogens is 426 g/mol. The van der Waals surface area contributed by atoms with E-state index < -0.39 is 23.8 Å². The van der Waals surface area contributed by atoms with Crippen LogP contribution < -0.4 is 10.6 Å². The van der Waals surface area contributed by atoms with Crippen molar-refractivity contribution in [2.24, 2.45) is 0 Å². The summed E-state index contributed by atoms with van der Waals surface area (Å²) < 4.78 is 5.30. The summed E-state index contributed by atoms with van der Waals surface area (Å²) in [5.41, 5.74) is 1.09. The van der Waals surface area contributed by atoms with E-state index in [4.69, 9.17) is 4.74 Å². The predicted octanol–water partition coefficient (Wildman–Crippen LogP) is 4.01. The number of amides is 3. The molecule has 2 unspecified atom stereocenters. The molecule has 0 aliphatic carbocycles. The lowest BCUT2D eigenvalue weighted by atomic mass is 10.0. The van der Waals surface area contributed by atoms with Gasteiger partial charge in [-0.1, -0.05) is 50.1 Å². The highest BCUT2D eigenvalue weighted by atomic mass is 32.1. The van der Waals surface area contributed by atoms with Crippen LogP contribution in [-0.2, 0) is 14.3 Å². The second kappa shape index (κ2) is 13.4. The summed E-state index contributed by atoms with van der Waals surface area (Å²) in [7, 11) is 0. The molecule has 0 saturated heterocycles. The van der Waals surface area contributed by atoms with E-state index in [1.165, 1.54) is 4.90 Å². The quantitative estimate of drug-likeness (QED) is 0.340. The molecule has 0 aromatic heterocycles. The number of aryl methyl sites for hydroxylation is 1. The van der Waals surface area contributed by atoms with E-state index in [1.807, 2.05) is 38.1 Å². The first-order valence-corrected chi connectivity index (χ1v) is 11.9. The van der Waals surface area contributed by atoms with Gasteiger partial charge in [-0.2, -0.15) is 12.6 Å². The molecule has 2 N–H and O–H groups in total. The molecule has 1 aromatic rings. The fraction of sp³-hybridized carbons (Fsp3) is 0.625.